The molecule has 0 unspecified atom stereocenters. The first-order chi connectivity index (χ1) is 9.65. The maximum absolute atomic E-state index is 6.27. The Bertz CT molecular complexity index is 618. The van der Waals surface area contributed by atoms with E-state index in [1.54, 1.807) is 0 Å². The Morgan fingerprint density at radius 3 is 2.90 bits per heavy atom. The highest BCUT2D eigenvalue weighted by molar-refractivity contribution is 6.42. The molecule has 1 aliphatic rings. The summed E-state index contributed by atoms with van der Waals surface area (Å²) in [5.74, 6) is 0.994. The summed E-state index contributed by atoms with van der Waals surface area (Å²) in [6.45, 7) is 3.57. The molecule has 0 saturated heterocycles. The first-order valence-electron chi connectivity index (χ1n) is 6.82. The molecule has 1 aromatic carbocycles. The normalized spacial score (nSPS) is 14.8. The van der Waals surface area contributed by atoms with Gasteiger partial charge in [0.1, 0.15) is 5.82 Å². The average molecular weight is 310 g/mol. The molecule has 1 saturated carbocycles. The predicted octanol–water partition coefficient (Wildman–Crippen LogP) is 3.80. The number of aromatic nitrogens is 2. The van der Waals surface area contributed by atoms with Crippen LogP contribution >= 0.6 is 23.2 Å². The van der Waals surface area contributed by atoms with Crippen LogP contribution < -0.4 is 5.32 Å². The van der Waals surface area contributed by atoms with Crippen LogP contribution in [0.3, 0.4) is 0 Å². The molecular weight excluding hydrogens is 293 g/mol. The number of hydrogen-bond donors (Lipinski definition) is 1. The van der Waals surface area contributed by atoms with Crippen molar-refractivity contribution in [2.75, 3.05) is 0 Å². The van der Waals surface area contributed by atoms with Crippen LogP contribution in [0.15, 0.2) is 24.4 Å². The van der Waals surface area contributed by atoms with E-state index >= 15 is 0 Å². The summed E-state index contributed by atoms with van der Waals surface area (Å²) in [7, 11) is 0. The number of aryl methyl sites for hydroxylation is 1. The van der Waals surface area contributed by atoms with Crippen molar-refractivity contribution in [2.24, 2.45) is 0 Å². The van der Waals surface area contributed by atoms with Crippen LogP contribution in [0.25, 0.3) is 0 Å². The van der Waals surface area contributed by atoms with Crippen LogP contribution in [0, 0.1) is 6.92 Å². The van der Waals surface area contributed by atoms with Gasteiger partial charge in [0.15, 0.2) is 0 Å². The van der Waals surface area contributed by atoms with Gasteiger partial charge in [-0.15, -0.1) is 0 Å². The molecule has 1 aromatic heterocycles. The van der Waals surface area contributed by atoms with E-state index in [4.69, 9.17) is 23.2 Å². The Hall–Kier alpha value is -1.03. The third-order valence-electron chi connectivity index (χ3n) is 3.65. The molecule has 0 atom stereocenters. The van der Waals surface area contributed by atoms with Crippen molar-refractivity contribution < 1.29 is 0 Å². The van der Waals surface area contributed by atoms with Crippen LogP contribution in [0.1, 0.15) is 29.9 Å². The van der Waals surface area contributed by atoms with E-state index in [2.05, 4.69) is 14.9 Å². The van der Waals surface area contributed by atoms with Gasteiger partial charge in [0.25, 0.3) is 0 Å². The molecule has 0 spiro atoms. The summed E-state index contributed by atoms with van der Waals surface area (Å²) in [4.78, 5) is 4.41. The molecule has 1 heterocycles. The molecule has 0 bridgehead atoms. The Morgan fingerprint density at radius 1 is 1.35 bits per heavy atom. The largest absolute Gasteiger partial charge is 0.327 e. The minimum atomic E-state index is 0.597. The zero-order valence-electron chi connectivity index (χ0n) is 11.4. The van der Waals surface area contributed by atoms with Crippen molar-refractivity contribution in [3.63, 3.8) is 0 Å². The van der Waals surface area contributed by atoms with E-state index in [9.17, 15) is 0 Å². The maximum Gasteiger partial charge on any atom is 0.106 e. The predicted molar refractivity (Wildman–Crippen MR) is 82.4 cm³/mol. The van der Waals surface area contributed by atoms with Gasteiger partial charge in [0, 0.05) is 18.8 Å². The molecule has 3 nitrogen and oxygen atoms in total. The SMILES string of the molecule is Cc1ncc(CNC2CC2)n1Cc1cccc(Cl)c1Cl. The van der Waals surface area contributed by atoms with E-state index in [1.165, 1.54) is 18.5 Å². The molecule has 0 radical (unpaired) electrons. The van der Waals surface area contributed by atoms with Gasteiger partial charge < -0.3 is 9.88 Å². The third kappa shape index (κ3) is 3.00. The first kappa shape index (κ1) is 13.9. The van der Waals surface area contributed by atoms with Gasteiger partial charge in [-0.2, -0.15) is 0 Å². The van der Waals surface area contributed by atoms with Crippen LogP contribution in [-0.4, -0.2) is 15.6 Å². The number of nitrogens with one attached hydrogen (secondary N) is 1. The Balaban J connectivity index is 1.81. The minimum absolute atomic E-state index is 0.597. The quantitative estimate of drug-likeness (QED) is 0.910. The van der Waals surface area contributed by atoms with Crippen molar-refractivity contribution in [1.82, 2.24) is 14.9 Å². The zero-order chi connectivity index (χ0) is 14.1. The van der Waals surface area contributed by atoms with E-state index in [1.807, 2.05) is 31.3 Å². The van der Waals surface area contributed by atoms with E-state index in [0.717, 1.165) is 17.9 Å². The highest BCUT2D eigenvalue weighted by atomic mass is 35.5. The topological polar surface area (TPSA) is 29.9 Å². The molecule has 0 amide bonds. The van der Waals surface area contributed by atoms with Crippen LogP contribution in [-0.2, 0) is 13.1 Å². The second kappa shape index (κ2) is 5.76. The third-order valence-corrected chi connectivity index (χ3v) is 4.51. The van der Waals surface area contributed by atoms with E-state index in [-0.39, 0.29) is 0 Å². The molecule has 1 N–H and O–H groups in total. The van der Waals surface area contributed by atoms with Crippen LogP contribution in [0.2, 0.25) is 10.0 Å². The molecule has 5 heteroatoms. The lowest BCUT2D eigenvalue weighted by atomic mass is 10.2. The van der Waals surface area contributed by atoms with Gasteiger partial charge in [-0.3, -0.25) is 0 Å². The van der Waals surface area contributed by atoms with Gasteiger partial charge in [-0.1, -0.05) is 35.3 Å². The minimum Gasteiger partial charge on any atom is -0.327 e. The van der Waals surface area contributed by atoms with Gasteiger partial charge in [0.05, 0.1) is 22.3 Å². The maximum atomic E-state index is 6.27. The second-order valence-corrected chi connectivity index (χ2v) is 6.04. The lowest BCUT2D eigenvalue weighted by Crippen LogP contribution is -2.19. The average Bonchev–Trinajstić information content (AvgIpc) is 3.20. The standard InChI is InChI=1S/C15H17Cl2N3/c1-10-18-7-13(8-19-12-5-6-12)20(10)9-11-3-2-4-14(16)15(11)17/h2-4,7,12,19H,5-6,8-9H2,1H3. The Kier molecular flexibility index (Phi) is 4.01. The number of rotatable bonds is 5. The van der Waals surface area contributed by atoms with Gasteiger partial charge in [0.2, 0.25) is 0 Å². The van der Waals surface area contributed by atoms with Crippen molar-refractivity contribution in [2.45, 2.75) is 38.9 Å². The lowest BCUT2D eigenvalue weighted by molar-refractivity contribution is 0.627. The molecule has 2 aromatic rings. The Labute approximate surface area is 128 Å². The molecule has 1 aliphatic carbocycles. The van der Waals surface area contributed by atoms with Crippen molar-refractivity contribution >= 4 is 23.2 Å². The Morgan fingerprint density at radius 2 is 2.15 bits per heavy atom. The van der Waals surface area contributed by atoms with Crippen LogP contribution in [0.4, 0.5) is 0 Å². The number of imidazole rings is 1. The van der Waals surface area contributed by atoms with Crippen LogP contribution in [0.5, 0.6) is 0 Å². The molecule has 20 heavy (non-hydrogen) atoms. The summed E-state index contributed by atoms with van der Waals surface area (Å²) in [6.07, 6.45) is 4.50. The van der Waals surface area contributed by atoms with E-state index < -0.39 is 0 Å². The number of benzene rings is 1. The number of halogens is 2. The summed E-state index contributed by atoms with van der Waals surface area (Å²) in [6, 6.07) is 6.43. The monoisotopic (exact) mass is 309 g/mol. The highest BCUT2D eigenvalue weighted by Crippen LogP contribution is 2.27. The van der Waals surface area contributed by atoms with Crippen molar-refractivity contribution in [1.29, 1.82) is 0 Å². The molecular formula is C15H17Cl2N3. The van der Waals surface area contributed by atoms with Crippen molar-refractivity contribution in [3.05, 3.63) is 51.5 Å². The fraction of sp³-hybridized carbons (Fsp3) is 0.400. The molecule has 1 fully saturated rings. The number of nitrogens with zero attached hydrogens (tertiary/aromatic N) is 2. The summed E-state index contributed by atoms with van der Waals surface area (Å²) < 4.78 is 2.19. The second-order valence-electron chi connectivity index (χ2n) is 5.25. The summed E-state index contributed by atoms with van der Waals surface area (Å²) in [5.41, 5.74) is 2.21. The summed E-state index contributed by atoms with van der Waals surface area (Å²) in [5, 5.41) is 4.74. The molecule has 106 valence electrons. The highest BCUT2D eigenvalue weighted by Gasteiger charge is 2.21. The van der Waals surface area contributed by atoms with Gasteiger partial charge >= 0.3 is 0 Å². The smallest absolute Gasteiger partial charge is 0.106 e. The number of hydrogen-bond acceptors (Lipinski definition) is 2. The fourth-order valence-corrected chi connectivity index (χ4v) is 2.63. The molecule has 0 aliphatic heterocycles. The lowest BCUT2D eigenvalue weighted by Gasteiger charge is -2.12. The zero-order valence-corrected chi connectivity index (χ0v) is 12.9. The van der Waals surface area contributed by atoms with Crippen molar-refractivity contribution in [3.8, 4) is 0 Å². The fourth-order valence-electron chi connectivity index (χ4n) is 2.25. The van der Waals surface area contributed by atoms with Gasteiger partial charge in [-0.05, 0) is 31.4 Å². The first-order valence-corrected chi connectivity index (χ1v) is 7.58. The van der Waals surface area contributed by atoms with E-state index in [0.29, 0.717) is 22.6 Å². The van der Waals surface area contributed by atoms with Gasteiger partial charge in [-0.25, -0.2) is 4.98 Å². The summed E-state index contributed by atoms with van der Waals surface area (Å²) >= 11 is 12.3. The molecule has 3 rings (SSSR count).